The molecule has 2 aliphatic heterocycles. The molecule has 86 valence electrons. The van der Waals surface area contributed by atoms with Crippen LogP contribution in [-0.2, 0) is 0 Å². The Hall–Kier alpha value is -0.350. The van der Waals surface area contributed by atoms with Gasteiger partial charge in [0.1, 0.15) is 0 Å². The highest BCUT2D eigenvalue weighted by molar-refractivity contribution is 8.00. The van der Waals surface area contributed by atoms with E-state index in [0.717, 1.165) is 23.9 Å². The Morgan fingerprint density at radius 3 is 3.00 bits per heavy atom. The molecule has 15 heavy (non-hydrogen) atoms. The third kappa shape index (κ3) is 2.61. The number of rotatable bonds is 5. The first kappa shape index (κ1) is 11.1. The van der Waals surface area contributed by atoms with Crippen molar-refractivity contribution < 1.29 is 5.11 Å². The monoisotopic (exact) mass is 228 g/mol. The van der Waals surface area contributed by atoms with Crippen LogP contribution in [0.1, 0.15) is 25.7 Å². The van der Waals surface area contributed by atoms with Crippen LogP contribution in [0.25, 0.3) is 0 Å². The fourth-order valence-electron chi connectivity index (χ4n) is 2.38. The van der Waals surface area contributed by atoms with E-state index in [-0.39, 0.29) is 0 Å². The van der Waals surface area contributed by atoms with Crippen molar-refractivity contribution in [3.05, 3.63) is 12.4 Å². The minimum atomic E-state index is 0.334. The zero-order valence-corrected chi connectivity index (χ0v) is 9.85. The van der Waals surface area contributed by atoms with Crippen LogP contribution < -0.4 is 10.6 Å². The van der Waals surface area contributed by atoms with Crippen molar-refractivity contribution in [3.8, 4) is 0 Å². The Kier molecular flexibility index (Phi) is 3.81. The quantitative estimate of drug-likeness (QED) is 0.616. The van der Waals surface area contributed by atoms with Crippen LogP contribution in [0.3, 0.4) is 0 Å². The molecule has 3 atom stereocenters. The molecule has 3 N–H and O–H groups in total. The van der Waals surface area contributed by atoms with E-state index in [0.29, 0.717) is 18.7 Å². The Balaban J connectivity index is 1.72. The van der Waals surface area contributed by atoms with Crippen LogP contribution in [0.2, 0.25) is 0 Å². The van der Waals surface area contributed by atoms with Gasteiger partial charge in [0, 0.05) is 17.6 Å². The van der Waals surface area contributed by atoms with Crippen molar-refractivity contribution >= 4 is 11.8 Å². The molecule has 3 nitrogen and oxygen atoms in total. The van der Waals surface area contributed by atoms with Crippen molar-refractivity contribution in [3.63, 3.8) is 0 Å². The van der Waals surface area contributed by atoms with Gasteiger partial charge in [-0.25, -0.2) is 0 Å². The number of fused-ring (bicyclic) bond motifs is 1. The molecule has 2 aliphatic rings. The molecule has 0 aromatic carbocycles. The third-order valence-corrected chi connectivity index (χ3v) is 4.68. The second-order valence-corrected chi connectivity index (χ2v) is 5.62. The largest absolute Gasteiger partial charge is 0.396 e. The summed E-state index contributed by atoms with van der Waals surface area (Å²) in [6, 6.07) is 1.17. The van der Waals surface area contributed by atoms with Crippen LogP contribution in [0.5, 0.6) is 0 Å². The topological polar surface area (TPSA) is 44.3 Å². The predicted octanol–water partition coefficient (Wildman–Crippen LogP) is 1.06. The van der Waals surface area contributed by atoms with Gasteiger partial charge in [0.2, 0.25) is 0 Å². The van der Waals surface area contributed by atoms with E-state index < -0.39 is 0 Å². The van der Waals surface area contributed by atoms with Crippen LogP contribution in [0.15, 0.2) is 12.4 Å². The zero-order chi connectivity index (χ0) is 10.7. The molecule has 2 fully saturated rings. The molecular formula is C11H20N2OS. The van der Waals surface area contributed by atoms with Gasteiger partial charge in [0.15, 0.2) is 0 Å². The van der Waals surface area contributed by atoms with Crippen molar-refractivity contribution in [2.24, 2.45) is 0 Å². The summed E-state index contributed by atoms with van der Waals surface area (Å²) in [5, 5.41) is 16.2. The maximum absolute atomic E-state index is 8.70. The Morgan fingerprint density at radius 1 is 1.33 bits per heavy atom. The highest BCUT2D eigenvalue weighted by Crippen LogP contribution is 2.34. The summed E-state index contributed by atoms with van der Waals surface area (Å²) in [7, 11) is 0. The fraction of sp³-hybridized carbons (Fsp3) is 0.818. The lowest BCUT2D eigenvalue weighted by molar-refractivity contribution is 0.282. The van der Waals surface area contributed by atoms with E-state index in [2.05, 4.69) is 29.0 Å². The summed E-state index contributed by atoms with van der Waals surface area (Å²) in [5.41, 5.74) is 0. The van der Waals surface area contributed by atoms with E-state index >= 15 is 0 Å². The fourth-order valence-corrected chi connectivity index (χ4v) is 3.93. The summed E-state index contributed by atoms with van der Waals surface area (Å²) >= 11 is 2.07. The number of hydrogen-bond donors (Lipinski definition) is 3. The molecule has 2 rings (SSSR count). The maximum atomic E-state index is 8.70. The van der Waals surface area contributed by atoms with E-state index in [1.165, 1.54) is 18.6 Å². The van der Waals surface area contributed by atoms with Crippen LogP contribution in [0, 0.1) is 0 Å². The molecule has 0 saturated carbocycles. The first-order valence-electron chi connectivity index (χ1n) is 5.75. The lowest BCUT2D eigenvalue weighted by atomic mass is 10.0. The predicted molar refractivity (Wildman–Crippen MR) is 64.8 cm³/mol. The van der Waals surface area contributed by atoms with Gasteiger partial charge in [0.25, 0.3) is 0 Å². The van der Waals surface area contributed by atoms with Gasteiger partial charge in [-0.3, -0.25) is 0 Å². The summed E-state index contributed by atoms with van der Waals surface area (Å²) in [4.78, 5) is 0. The highest BCUT2D eigenvalue weighted by atomic mass is 32.2. The van der Waals surface area contributed by atoms with E-state index in [9.17, 15) is 0 Å². The number of nitrogens with one attached hydrogen (secondary N) is 2. The minimum absolute atomic E-state index is 0.334. The van der Waals surface area contributed by atoms with Gasteiger partial charge in [0.05, 0.1) is 17.9 Å². The second kappa shape index (κ2) is 5.12. The zero-order valence-electron chi connectivity index (χ0n) is 9.04. The van der Waals surface area contributed by atoms with Crippen molar-refractivity contribution in [2.75, 3.05) is 12.4 Å². The molecule has 0 unspecified atom stereocenters. The standard InChI is InChI=1S/C11H20N2OS/c1-8-12-9-7-15-10(11(9)13-8)5-3-2-4-6-14/h9-14H,1-7H2/t9-,10-,11-/m0/s1. The molecule has 2 heterocycles. The van der Waals surface area contributed by atoms with Gasteiger partial charge < -0.3 is 15.7 Å². The second-order valence-electron chi connectivity index (χ2n) is 4.34. The van der Waals surface area contributed by atoms with Gasteiger partial charge in [-0.15, -0.1) is 0 Å². The molecule has 0 aliphatic carbocycles. The molecular weight excluding hydrogens is 208 g/mol. The van der Waals surface area contributed by atoms with E-state index in [1.54, 1.807) is 0 Å². The summed E-state index contributed by atoms with van der Waals surface area (Å²) in [5.74, 6) is 2.19. The Bertz CT molecular complexity index is 235. The maximum Gasteiger partial charge on any atom is 0.0918 e. The number of aliphatic hydroxyl groups excluding tert-OH is 1. The van der Waals surface area contributed by atoms with Gasteiger partial charge in [-0.05, 0) is 12.8 Å². The van der Waals surface area contributed by atoms with Gasteiger partial charge >= 0.3 is 0 Å². The van der Waals surface area contributed by atoms with Crippen molar-refractivity contribution in [1.82, 2.24) is 10.6 Å². The number of hydrogen-bond acceptors (Lipinski definition) is 4. The molecule has 4 heteroatoms. The summed E-state index contributed by atoms with van der Waals surface area (Å²) in [6.45, 7) is 4.25. The SMILES string of the molecule is C=C1N[C@H]2[C@H](CS[C@H]2CCCCCO)N1. The molecule has 0 aromatic heterocycles. The average molecular weight is 228 g/mol. The third-order valence-electron chi connectivity index (χ3n) is 3.17. The first-order valence-corrected chi connectivity index (χ1v) is 6.80. The average Bonchev–Trinajstić information content (AvgIpc) is 2.73. The normalized spacial score (nSPS) is 33.7. The van der Waals surface area contributed by atoms with E-state index in [1.807, 2.05) is 0 Å². The molecule has 0 amide bonds. The minimum Gasteiger partial charge on any atom is -0.396 e. The molecule has 0 radical (unpaired) electrons. The van der Waals surface area contributed by atoms with Gasteiger partial charge in [-0.2, -0.15) is 11.8 Å². The first-order chi connectivity index (χ1) is 7.31. The van der Waals surface area contributed by atoms with E-state index in [4.69, 9.17) is 5.11 Å². The Labute approximate surface area is 95.7 Å². The number of unbranched alkanes of at least 4 members (excludes halogenated alkanes) is 2. The molecule has 2 saturated heterocycles. The van der Waals surface area contributed by atoms with Crippen LogP contribution in [-0.4, -0.2) is 34.8 Å². The molecule has 0 spiro atoms. The number of thioether (sulfide) groups is 1. The van der Waals surface area contributed by atoms with Gasteiger partial charge in [-0.1, -0.05) is 19.4 Å². The molecule has 0 aromatic rings. The van der Waals surface area contributed by atoms with Crippen molar-refractivity contribution in [2.45, 2.75) is 43.0 Å². The lowest BCUT2D eigenvalue weighted by Crippen LogP contribution is -2.36. The number of aliphatic hydroxyl groups is 1. The summed E-state index contributed by atoms with van der Waals surface area (Å²) < 4.78 is 0. The molecule has 0 bridgehead atoms. The van der Waals surface area contributed by atoms with Crippen LogP contribution in [0.4, 0.5) is 0 Å². The Morgan fingerprint density at radius 2 is 2.20 bits per heavy atom. The smallest absolute Gasteiger partial charge is 0.0918 e. The summed E-state index contributed by atoms with van der Waals surface area (Å²) in [6.07, 6.45) is 4.59. The van der Waals surface area contributed by atoms with Crippen LogP contribution >= 0.6 is 11.8 Å². The lowest BCUT2D eigenvalue weighted by Gasteiger charge is -2.17. The highest BCUT2D eigenvalue weighted by Gasteiger charge is 2.40. The van der Waals surface area contributed by atoms with Crippen molar-refractivity contribution in [1.29, 1.82) is 0 Å².